The van der Waals surface area contributed by atoms with Gasteiger partial charge in [-0.2, -0.15) is 5.26 Å². The van der Waals surface area contributed by atoms with Crippen LogP contribution in [0, 0.1) is 0 Å². The first-order chi connectivity index (χ1) is 9.51. The van der Waals surface area contributed by atoms with E-state index in [0.29, 0.717) is 6.42 Å². The Morgan fingerprint density at radius 3 is 2.25 bits per heavy atom. The zero-order valence-electron chi connectivity index (χ0n) is 11.8. The standard InChI is InChI=1S/C13H23NO6/c1-2-3-4-5-6-7-8-11(15)14-10(9-12(16)17)13(18)20-19/h10,19H,2-9H2,1H3,(H,14,15)(H,16,17). The van der Waals surface area contributed by atoms with E-state index >= 15 is 0 Å². The van der Waals surface area contributed by atoms with E-state index in [9.17, 15) is 14.4 Å². The topological polar surface area (TPSA) is 113 Å². The van der Waals surface area contributed by atoms with Crippen molar-refractivity contribution >= 4 is 17.8 Å². The molecule has 0 aromatic carbocycles. The minimum Gasteiger partial charge on any atom is -0.481 e. The van der Waals surface area contributed by atoms with Crippen LogP contribution < -0.4 is 5.32 Å². The molecule has 0 radical (unpaired) electrons. The van der Waals surface area contributed by atoms with E-state index in [1.54, 1.807) is 0 Å². The molecule has 0 aliphatic carbocycles. The number of carboxylic acid groups (broad SMARTS) is 1. The highest BCUT2D eigenvalue weighted by Crippen LogP contribution is 2.07. The number of hydrogen-bond acceptors (Lipinski definition) is 5. The molecule has 0 aliphatic heterocycles. The molecule has 0 aromatic rings. The van der Waals surface area contributed by atoms with E-state index in [-0.39, 0.29) is 6.42 Å². The third-order valence-corrected chi connectivity index (χ3v) is 2.85. The zero-order valence-corrected chi connectivity index (χ0v) is 11.8. The lowest BCUT2D eigenvalue weighted by Gasteiger charge is -2.13. The molecule has 116 valence electrons. The smallest absolute Gasteiger partial charge is 0.364 e. The lowest BCUT2D eigenvalue weighted by atomic mass is 10.1. The summed E-state index contributed by atoms with van der Waals surface area (Å²) in [6, 6.07) is -1.36. The van der Waals surface area contributed by atoms with Gasteiger partial charge in [-0.25, -0.2) is 4.79 Å². The first-order valence-electron chi connectivity index (χ1n) is 6.87. The van der Waals surface area contributed by atoms with Gasteiger partial charge in [-0.05, 0) is 6.42 Å². The highest BCUT2D eigenvalue weighted by atomic mass is 17.1. The molecule has 0 saturated heterocycles. The molecule has 0 fully saturated rings. The van der Waals surface area contributed by atoms with Crippen LogP contribution in [0.4, 0.5) is 0 Å². The van der Waals surface area contributed by atoms with Gasteiger partial charge in [-0.1, -0.05) is 39.0 Å². The second kappa shape index (κ2) is 11.2. The number of unbranched alkanes of at least 4 members (excludes halogenated alkanes) is 5. The third kappa shape index (κ3) is 9.32. The quantitative estimate of drug-likeness (QED) is 0.303. The van der Waals surface area contributed by atoms with Crippen molar-refractivity contribution in [2.75, 3.05) is 0 Å². The molecular weight excluding hydrogens is 266 g/mol. The van der Waals surface area contributed by atoms with Crippen molar-refractivity contribution in [3.63, 3.8) is 0 Å². The molecule has 1 atom stereocenters. The maximum Gasteiger partial charge on any atom is 0.364 e. The molecular formula is C13H23NO6. The fourth-order valence-corrected chi connectivity index (χ4v) is 1.76. The minimum absolute atomic E-state index is 0.223. The van der Waals surface area contributed by atoms with Gasteiger partial charge in [0.1, 0.15) is 6.04 Å². The molecule has 20 heavy (non-hydrogen) atoms. The Bertz CT molecular complexity index is 318. The summed E-state index contributed by atoms with van der Waals surface area (Å²) in [5.41, 5.74) is 0. The predicted octanol–water partition coefficient (Wildman–Crippen LogP) is 1.71. The minimum atomic E-state index is -1.36. The Kier molecular flexibility index (Phi) is 10.3. The van der Waals surface area contributed by atoms with E-state index in [1.165, 1.54) is 6.42 Å². The largest absolute Gasteiger partial charge is 0.481 e. The lowest BCUT2D eigenvalue weighted by molar-refractivity contribution is -0.236. The van der Waals surface area contributed by atoms with Crippen molar-refractivity contribution in [3.8, 4) is 0 Å². The van der Waals surface area contributed by atoms with Gasteiger partial charge >= 0.3 is 11.9 Å². The third-order valence-electron chi connectivity index (χ3n) is 2.85. The lowest BCUT2D eigenvalue weighted by Crippen LogP contribution is -2.42. The summed E-state index contributed by atoms with van der Waals surface area (Å²) in [5.74, 6) is -2.86. The Hall–Kier alpha value is -1.63. The van der Waals surface area contributed by atoms with Gasteiger partial charge in [0.2, 0.25) is 5.91 Å². The van der Waals surface area contributed by atoms with Crippen molar-refractivity contribution in [2.24, 2.45) is 0 Å². The Balaban J connectivity index is 3.94. The summed E-state index contributed by atoms with van der Waals surface area (Å²) in [4.78, 5) is 36.6. The Morgan fingerprint density at radius 2 is 1.70 bits per heavy atom. The van der Waals surface area contributed by atoms with Gasteiger partial charge in [0, 0.05) is 6.42 Å². The number of nitrogens with one attached hydrogen (secondary N) is 1. The molecule has 0 aromatic heterocycles. The van der Waals surface area contributed by atoms with Gasteiger partial charge in [0.05, 0.1) is 6.42 Å². The fraction of sp³-hybridized carbons (Fsp3) is 0.769. The highest BCUT2D eigenvalue weighted by Gasteiger charge is 2.25. The van der Waals surface area contributed by atoms with Crippen LogP contribution in [-0.2, 0) is 19.3 Å². The second-order valence-electron chi connectivity index (χ2n) is 4.65. The number of aliphatic carboxylic acids is 1. The van der Waals surface area contributed by atoms with Crippen molar-refractivity contribution in [3.05, 3.63) is 0 Å². The summed E-state index contributed by atoms with van der Waals surface area (Å²) in [6.45, 7) is 2.12. The molecule has 7 nitrogen and oxygen atoms in total. The fourth-order valence-electron chi connectivity index (χ4n) is 1.76. The Labute approximate surface area is 118 Å². The van der Waals surface area contributed by atoms with Crippen LogP contribution in [0.2, 0.25) is 0 Å². The van der Waals surface area contributed by atoms with Crippen molar-refractivity contribution in [1.29, 1.82) is 0 Å². The summed E-state index contributed by atoms with van der Waals surface area (Å²) < 4.78 is 0. The van der Waals surface area contributed by atoms with Crippen LogP contribution in [0.3, 0.4) is 0 Å². The molecule has 0 heterocycles. The number of amides is 1. The number of carbonyl (C=O) groups is 3. The molecule has 1 amide bonds. The van der Waals surface area contributed by atoms with Crippen LogP contribution in [0.25, 0.3) is 0 Å². The molecule has 3 N–H and O–H groups in total. The number of carboxylic acids is 1. The first-order valence-corrected chi connectivity index (χ1v) is 6.87. The maximum atomic E-state index is 11.6. The molecule has 0 bridgehead atoms. The molecule has 0 rings (SSSR count). The average molecular weight is 289 g/mol. The maximum absolute atomic E-state index is 11.6. The molecule has 0 spiro atoms. The highest BCUT2D eigenvalue weighted by molar-refractivity contribution is 5.87. The normalized spacial score (nSPS) is 11.7. The van der Waals surface area contributed by atoms with Gasteiger partial charge in [0.25, 0.3) is 0 Å². The molecule has 7 heteroatoms. The summed E-state index contributed by atoms with van der Waals surface area (Å²) in [7, 11) is 0. The monoisotopic (exact) mass is 289 g/mol. The summed E-state index contributed by atoms with van der Waals surface area (Å²) in [5, 5.41) is 19.1. The number of hydrogen-bond donors (Lipinski definition) is 3. The average Bonchev–Trinajstić information content (AvgIpc) is 2.40. The van der Waals surface area contributed by atoms with Crippen LogP contribution >= 0.6 is 0 Å². The molecule has 0 aliphatic rings. The zero-order chi connectivity index (χ0) is 15.4. The van der Waals surface area contributed by atoms with Gasteiger partial charge in [0.15, 0.2) is 0 Å². The van der Waals surface area contributed by atoms with E-state index in [1.807, 2.05) is 0 Å². The van der Waals surface area contributed by atoms with Crippen LogP contribution in [-0.4, -0.2) is 34.3 Å². The molecule has 1 unspecified atom stereocenters. The Morgan fingerprint density at radius 1 is 1.10 bits per heavy atom. The van der Waals surface area contributed by atoms with Crippen LogP contribution in [0.5, 0.6) is 0 Å². The molecule has 0 saturated carbocycles. The van der Waals surface area contributed by atoms with Crippen LogP contribution in [0.1, 0.15) is 58.3 Å². The second-order valence-corrected chi connectivity index (χ2v) is 4.65. The van der Waals surface area contributed by atoms with Gasteiger partial charge in [-0.15, -0.1) is 0 Å². The van der Waals surface area contributed by atoms with E-state index in [0.717, 1.165) is 25.7 Å². The van der Waals surface area contributed by atoms with E-state index in [2.05, 4.69) is 17.1 Å². The number of rotatable bonds is 11. The van der Waals surface area contributed by atoms with Crippen molar-refractivity contribution in [2.45, 2.75) is 64.3 Å². The van der Waals surface area contributed by atoms with Gasteiger partial charge < -0.3 is 10.4 Å². The SMILES string of the molecule is CCCCCCCCC(=O)NC(CC(=O)O)C(=O)OO. The van der Waals surface area contributed by atoms with Gasteiger partial charge in [-0.3, -0.25) is 14.5 Å². The van der Waals surface area contributed by atoms with Crippen LogP contribution in [0.15, 0.2) is 0 Å². The van der Waals surface area contributed by atoms with Crippen molar-refractivity contribution in [1.82, 2.24) is 5.32 Å². The van der Waals surface area contributed by atoms with Crippen molar-refractivity contribution < 1.29 is 29.6 Å². The number of carbonyl (C=O) groups excluding carboxylic acids is 2. The summed E-state index contributed by atoms with van der Waals surface area (Å²) >= 11 is 0. The first kappa shape index (κ1) is 18.4. The van der Waals surface area contributed by atoms with E-state index < -0.39 is 30.3 Å². The summed E-state index contributed by atoms with van der Waals surface area (Å²) in [6.07, 6.45) is 5.72. The predicted molar refractivity (Wildman–Crippen MR) is 70.9 cm³/mol. The van der Waals surface area contributed by atoms with E-state index in [4.69, 9.17) is 10.4 Å².